The Labute approximate surface area is 165 Å². The number of phenolic OH excluding ortho intramolecular Hbond substituents is 1. The third-order valence-corrected chi connectivity index (χ3v) is 4.38. The molecule has 150 valence electrons. The van der Waals surface area contributed by atoms with Gasteiger partial charge in [0.05, 0.1) is 12.6 Å². The molecule has 28 heavy (non-hydrogen) atoms. The first-order valence-corrected chi connectivity index (χ1v) is 9.43. The first-order chi connectivity index (χ1) is 13.6. The molecular weight excluding hydrogens is 358 g/mol. The second kappa shape index (κ2) is 9.96. The summed E-state index contributed by atoms with van der Waals surface area (Å²) < 4.78 is 11.5. The van der Waals surface area contributed by atoms with E-state index in [0.717, 1.165) is 36.0 Å². The number of hydrogen-bond donors (Lipinski definition) is 4. The fourth-order valence-electron chi connectivity index (χ4n) is 2.73. The SMILES string of the molecule is CC(COc1ccc(OCC2=NCCN2)cc1)NCC(O)c1ccc(O)cc1. The van der Waals surface area contributed by atoms with Gasteiger partial charge in [-0.25, -0.2) is 0 Å². The van der Waals surface area contributed by atoms with Gasteiger partial charge < -0.3 is 30.3 Å². The van der Waals surface area contributed by atoms with E-state index < -0.39 is 6.10 Å². The molecule has 2 atom stereocenters. The van der Waals surface area contributed by atoms with Gasteiger partial charge in [0.2, 0.25) is 0 Å². The Morgan fingerprint density at radius 2 is 1.75 bits per heavy atom. The van der Waals surface area contributed by atoms with Crippen molar-refractivity contribution in [2.24, 2.45) is 4.99 Å². The van der Waals surface area contributed by atoms with Gasteiger partial charge >= 0.3 is 0 Å². The lowest BCUT2D eigenvalue weighted by atomic mass is 10.1. The van der Waals surface area contributed by atoms with E-state index in [1.54, 1.807) is 24.3 Å². The molecule has 2 aromatic carbocycles. The number of nitrogens with one attached hydrogen (secondary N) is 2. The van der Waals surface area contributed by atoms with Gasteiger partial charge in [-0.1, -0.05) is 12.1 Å². The highest BCUT2D eigenvalue weighted by Crippen LogP contribution is 2.18. The van der Waals surface area contributed by atoms with E-state index in [2.05, 4.69) is 15.6 Å². The van der Waals surface area contributed by atoms with Crippen molar-refractivity contribution in [1.29, 1.82) is 0 Å². The molecule has 0 bridgehead atoms. The highest BCUT2D eigenvalue weighted by molar-refractivity contribution is 5.84. The van der Waals surface area contributed by atoms with E-state index in [0.29, 0.717) is 19.8 Å². The van der Waals surface area contributed by atoms with Gasteiger partial charge in [0.1, 0.15) is 36.3 Å². The second-order valence-electron chi connectivity index (χ2n) is 6.74. The summed E-state index contributed by atoms with van der Waals surface area (Å²) in [7, 11) is 0. The fourth-order valence-corrected chi connectivity index (χ4v) is 2.73. The van der Waals surface area contributed by atoms with Gasteiger partial charge in [0.25, 0.3) is 0 Å². The average molecular weight is 385 g/mol. The number of rotatable bonds is 10. The van der Waals surface area contributed by atoms with Crippen LogP contribution in [0.5, 0.6) is 17.2 Å². The third kappa shape index (κ3) is 6.14. The van der Waals surface area contributed by atoms with Gasteiger partial charge in [-0.3, -0.25) is 4.99 Å². The monoisotopic (exact) mass is 385 g/mol. The molecule has 0 aliphatic carbocycles. The van der Waals surface area contributed by atoms with Crippen LogP contribution in [0.4, 0.5) is 0 Å². The summed E-state index contributed by atoms with van der Waals surface area (Å²) in [4.78, 5) is 4.29. The van der Waals surface area contributed by atoms with E-state index in [1.807, 2.05) is 31.2 Å². The van der Waals surface area contributed by atoms with E-state index in [4.69, 9.17) is 9.47 Å². The molecule has 4 N–H and O–H groups in total. The summed E-state index contributed by atoms with van der Waals surface area (Å²) in [6.07, 6.45) is -0.640. The number of ether oxygens (including phenoxy) is 2. The highest BCUT2D eigenvalue weighted by Gasteiger charge is 2.10. The quantitative estimate of drug-likeness (QED) is 0.499. The van der Waals surface area contributed by atoms with Gasteiger partial charge in [-0.2, -0.15) is 0 Å². The van der Waals surface area contributed by atoms with Crippen LogP contribution in [0, 0.1) is 0 Å². The number of aromatic hydroxyl groups is 1. The molecule has 0 fully saturated rings. The van der Waals surface area contributed by atoms with Crippen LogP contribution >= 0.6 is 0 Å². The number of amidine groups is 1. The zero-order valence-corrected chi connectivity index (χ0v) is 16.0. The molecule has 0 radical (unpaired) electrons. The zero-order valence-electron chi connectivity index (χ0n) is 16.0. The average Bonchev–Trinajstić information content (AvgIpc) is 3.24. The van der Waals surface area contributed by atoms with Crippen molar-refractivity contribution < 1.29 is 19.7 Å². The number of benzene rings is 2. The first-order valence-electron chi connectivity index (χ1n) is 9.43. The van der Waals surface area contributed by atoms with Crippen molar-refractivity contribution in [3.63, 3.8) is 0 Å². The Kier molecular flexibility index (Phi) is 7.11. The molecule has 0 saturated carbocycles. The summed E-state index contributed by atoms with van der Waals surface area (Å²) in [6, 6.07) is 14.1. The summed E-state index contributed by atoms with van der Waals surface area (Å²) in [5, 5.41) is 25.9. The maximum absolute atomic E-state index is 10.2. The van der Waals surface area contributed by atoms with Crippen molar-refractivity contribution >= 4 is 5.84 Å². The van der Waals surface area contributed by atoms with Gasteiger partial charge in [0.15, 0.2) is 0 Å². The molecular formula is C21H27N3O4. The van der Waals surface area contributed by atoms with Crippen LogP contribution in [0.3, 0.4) is 0 Å². The Bertz CT molecular complexity index is 762. The van der Waals surface area contributed by atoms with Crippen LogP contribution in [0.1, 0.15) is 18.6 Å². The normalized spacial score (nSPS) is 15.4. The minimum Gasteiger partial charge on any atom is -0.508 e. The number of nitrogens with zero attached hydrogens (tertiary/aromatic N) is 1. The summed E-state index contributed by atoms with van der Waals surface area (Å²) in [5.41, 5.74) is 0.757. The van der Waals surface area contributed by atoms with Crippen molar-refractivity contribution in [2.45, 2.75) is 19.1 Å². The molecule has 7 nitrogen and oxygen atoms in total. The predicted octanol–water partition coefficient (Wildman–Crippen LogP) is 1.86. The number of hydrogen-bond acceptors (Lipinski definition) is 7. The topological polar surface area (TPSA) is 95.3 Å². The Hall–Kier alpha value is -2.77. The predicted molar refractivity (Wildman–Crippen MR) is 108 cm³/mol. The molecule has 3 rings (SSSR count). The Morgan fingerprint density at radius 1 is 1.07 bits per heavy atom. The number of aliphatic imine (C=N–C) groups is 1. The maximum Gasteiger partial charge on any atom is 0.145 e. The van der Waals surface area contributed by atoms with Crippen molar-refractivity contribution in [3.05, 3.63) is 54.1 Å². The molecule has 2 unspecified atom stereocenters. The largest absolute Gasteiger partial charge is 0.508 e. The van der Waals surface area contributed by atoms with Gasteiger partial charge in [-0.05, 0) is 48.9 Å². The number of aliphatic hydroxyl groups is 1. The first kappa shape index (κ1) is 20.0. The van der Waals surface area contributed by atoms with Crippen LogP contribution in [0.15, 0.2) is 53.5 Å². The van der Waals surface area contributed by atoms with Crippen LogP contribution in [0.2, 0.25) is 0 Å². The van der Waals surface area contributed by atoms with Gasteiger partial charge in [-0.15, -0.1) is 0 Å². The van der Waals surface area contributed by atoms with E-state index in [-0.39, 0.29) is 11.8 Å². The zero-order chi connectivity index (χ0) is 19.8. The lowest BCUT2D eigenvalue weighted by molar-refractivity contribution is 0.163. The van der Waals surface area contributed by atoms with Gasteiger partial charge in [0, 0.05) is 19.1 Å². The maximum atomic E-state index is 10.2. The molecule has 2 aromatic rings. The third-order valence-electron chi connectivity index (χ3n) is 4.38. The summed E-state index contributed by atoms with van der Waals surface area (Å²) in [6.45, 7) is 5.01. The molecule has 7 heteroatoms. The van der Waals surface area contributed by atoms with Crippen molar-refractivity contribution in [3.8, 4) is 17.2 Å². The smallest absolute Gasteiger partial charge is 0.145 e. The standard InChI is InChI=1S/C21H27N3O4/c1-15(24-12-20(26)16-2-4-17(25)5-3-16)13-27-18-6-8-19(9-7-18)28-14-21-22-10-11-23-21/h2-9,15,20,24-26H,10-14H2,1H3,(H,22,23). The molecule has 1 heterocycles. The van der Waals surface area contributed by atoms with Crippen LogP contribution in [-0.2, 0) is 0 Å². The molecule has 0 amide bonds. The summed E-state index contributed by atoms with van der Waals surface area (Å²) >= 11 is 0. The number of phenols is 1. The molecule has 0 spiro atoms. The Morgan fingerprint density at radius 3 is 2.39 bits per heavy atom. The Balaban J connectivity index is 1.36. The molecule has 1 aliphatic heterocycles. The molecule has 0 aromatic heterocycles. The lowest BCUT2D eigenvalue weighted by Crippen LogP contribution is -2.34. The van der Waals surface area contributed by atoms with E-state index in [1.165, 1.54) is 0 Å². The fraction of sp³-hybridized carbons (Fsp3) is 0.381. The van der Waals surface area contributed by atoms with Crippen LogP contribution < -0.4 is 20.1 Å². The molecule has 1 aliphatic rings. The minimum absolute atomic E-state index is 0.0640. The van der Waals surface area contributed by atoms with Crippen LogP contribution in [0.25, 0.3) is 0 Å². The minimum atomic E-state index is -0.640. The molecule has 0 saturated heterocycles. The highest BCUT2D eigenvalue weighted by atomic mass is 16.5. The van der Waals surface area contributed by atoms with Crippen molar-refractivity contribution in [2.75, 3.05) is 32.8 Å². The summed E-state index contributed by atoms with van der Waals surface area (Å²) in [5.74, 6) is 2.60. The van der Waals surface area contributed by atoms with Crippen LogP contribution in [-0.4, -0.2) is 54.9 Å². The van der Waals surface area contributed by atoms with E-state index in [9.17, 15) is 10.2 Å². The second-order valence-corrected chi connectivity index (χ2v) is 6.74. The van der Waals surface area contributed by atoms with Crippen molar-refractivity contribution in [1.82, 2.24) is 10.6 Å². The van der Waals surface area contributed by atoms with E-state index >= 15 is 0 Å². The lowest BCUT2D eigenvalue weighted by Gasteiger charge is -2.18. The number of aliphatic hydroxyl groups excluding tert-OH is 1.